The highest BCUT2D eigenvalue weighted by molar-refractivity contribution is 6.30. The molecule has 1 aromatic heterocycles. The largest absolute Gasteiger partial charge is 0.370 e. The van der Waals surface area contributed by atoms with Crippen molar-refractivity contribution in [3.63, 3.8) is 0 Å². The second-order valence-corrected chi connectivity index (χ2v) is 7.44. The molecule has 1 atom stereocenters. The molecule has 2 amide bonds. The topological polar surface area (TPSA) is 74.3 Å². The van der Waals surface area contributed by atoms with Crippen molar-refractivity contribution < 1.29 is 9.59 Å². The van der Waals surface area contributed by atoms with Crippen molar-refractivity contribution in [1.29, 1.82) is 0 Å². The molecule has 2 aromatic rings. The maximum Gasteiger partial charge on any atom is 0.227 e. The quantitative estimate of drug-likeness (QED) is 0.770. The monoisotopic (exact) mass is 400 g/mol. The standard InChI is InChI=1S/C21H25ClN4O2/c1-15(27)24-19(16-5-7-17(22)8-6-16)13-21(28)25-20-10-9-18(14-23-20)26-11-3-2-4-12-26/h5-10,14,19H,2-4,11-13H2,1H3,(H,24,27)(H,23,25,28). The molecule has 148 valence electrons. The van der Waals surface area contributed by atoms with Gasteiger partial charge in [-0.05, 0) is 49.1 Å². The summed E-state index contributed by atoms with van der Waals surface area (Å²) in [7, 11) is 0. The van der Waals surface area contributed by atoms with Gasteiger partial charge >= 0.3 is 0 Å². The lowest BCUT2D eigenvalue weighted by Gasteiger charge is -2.28. The molecule has 2 N–H and O–H groups in total. The van der Waals surface area contributed by atoms with Gasteiger partial charge in [-0.3, -0.25) is 9.59 Å². The van der Waals surface area contributed by atoms with E-state index >= 15 is 0 Å². The van der Waals surface area contributed by atoms with E-state index in [0.717, 1.165) is 24.3 Å². The van der Waals surface area contributed by atoms with E-state index in [2.05, 4.69) is 20.5 Å². The molecule has 0 spiro atoms. The van der Waals surface area contributed by atoms with E-state index in [0.29, 0.717) is 10.8 Å². The molecule has 0 aliphatic carbocycles. The highest BCUT2D eigenvalue weighted by Crippen LogP contribution is 2.22. The Hall–Kier alpha value is -2.60. The number of benzene rings is 1. The highest BCUT2D eigenvalue weighted by Gasteiger charge is 2.18. The number of carbonyl (C=O) groups is 2. The Morgan fingerprint density at radius 3 is 2.43 bits per heavy atom. The molecule has 1 aliphatic heterocycles. The summed E-state index contributed by atoms with van der Waals surface area (Å²) in [5.74, 6) is 0.0899. The lowest BCUT2D eigenvalue weighted by molar-refractivity contribution is -0.120. The summed E-state index contributed by atoms with van der Waals surface area (Å²) in [6.07, 6.45) is 5.59. The molecule has 1 saturated heterocycles. The maximum atomic E-state index is 12.5. The second-order valence-electron chi connectivity index (χ2n) is 7.01. The number of pyridine rings is 1. The summed E-state index contributed by atoms with van der Waals surface area (Å²) in [6, 6.07) is 10.5. The first-order chi connectivity index (χ1) is 13.5. The number of hydrogen-bond acceptors (Lipinski definition) is 4. The Bertz CT molecular complexity index is 802. The Labute approximate surface area is 170 Å². The van der Waals surface area contributed by atoms with Gasteiger partial charge in [0.2, 0.25) is 11.8 Å². The number of anilines is 2. The van der Waals surface area contributed by atoms with Gasteiger partial charge in [-0.1, -0.05) is 23.7 Å². The minimum Gasteiger partial charge on any atom is -0.370 e. The summed E-state index contributed by atoms with van der Waals surface area (Å²) < 4.78 is 0. The number of amides is 2. The number of halogens is 1. The zero-order chi connectivity index (χ0) is 19.9. The molecule has 3 rings (SSSR count). The van der Waals surface area contributed by atoms with Gasteiger partial charge in [0.1, 0.15) is 5.82 Å². The minimum atomic E-state index is -0.428. The predicted octanol–water partition coefficient (Wildman–Crippen LogP) is 3.93. The Kier molecular flexibility index (Phi) is 6.87. The molecule has 0 radical (unpaired) electrons. The Morgan fingerprint density at radius 1 is 1.11 bits per heavy atom. The van der Waals surface area contributed by atoms with Crippen molar-refractivity contribution in [1.82, 2.24) is 10.3 Å². The molecule has 0 saturated carbocycles. The molecule has 0 bridgehead atoms. The third kappa shape index (κ3) is 5.70. The first kappa shape index (κ1) is 20.1. The van der Waals surface area contributed by atoms with Gasteiger partial charge in [0, 0.05) is 25.0 Å². The zero-order valence-electron chi connectivity index (χ0n) is 16.0. The van der Waals surface area contributed by atoms with Crippen LogP contribution in [0.4, 0.5) is 11.5 Å². The van der Waals surface area contributed by atoms with Crippen LogP contribution in [-0.2, 0) is 9.59 Å². The number of piperidine rings is 1. The number of carbonyl (C=O) groups excluding carboxylic acids is 2. The van der Waals surface area contributed by atoms with Crippen LogP contribution in [0.1, 0.15) is 44.2 Å². The van der Waals surface area contributed by atoms with Crippen LogP contribution in [0, 0.1) is 0 Å². The fraction of sp³-hybridized carbons (Fsp3) is 0.381. The number of rotatable bonds is 6. The van der Waals surface area contributed by atoms with Crippen LogP contribution in [0.15, 0.2) is 42.6 Å². The van der Waals surface area contributed by atoms with Crippen molar-refractivity contribution in [2.45, 2.75) is 38.6 Å². The highest BCUT2D eigenvalue weighted by atomic mass is 35.5. The van der Waals surface area contributed by atoms with E-state index in [4.69, 9.17) is 11.6 Å². The fourth-order valence-corrected chi connectivity index (χ4v) is 3.50. The van der Waals surface area contributed by atoms with Gasteiger partial charge in [0.25, 0.3) is 0 Å². The molecule has 28 heavy (non-hydrogen) atoms. The summed E-state index contributed by atoms with van der Waals surface area (Å²) >= 11 is 5.93. The van der Waals surface area contributed by atoms with E-state index < -0.39 is 6.04 Å². The smallest absolute Gasteiger partial charge is 0.227 e. The summed E-state index contributed by atoms with van der Waals surface area (Å²) in [5.41, 5.74) is 1.90. The SMILES string of the molecule is CC(=O)NC(CC(=O)Nc1ccc(N2CCCCC2)cn1)c1ccc(Cl)cc1. The molecule has 1 fully saturated rings. The van der Waals surface area contributed by atoms with Crippen LogP contribution >= 0.6 is 11.6 Å². The molecule has 1 aliphatic rings. The molecular formula is C21H25ClN4O2. The van der Waals surface area contributed by atoms with Crippen LogP contribution in [0.5, 0.6) is 0 Å². The summed E-state index contributed by atoms with van der Waals surface area (Å²) in [6.45, 7) is 3.53. The summed E-state index contributed by atoms with van der Waals surface area (Å²) in [4.78, 5) is 30.7. The Balaban J connectivity index is 1.62. The number of nitrogens with one attached hydrogen (secondary N) is 2. The second kappa shape index (κ2) is 9.55. The molecule has 2 heterocycles. The van der Waals surface area contributed by atoms with Gasteiger partial charge < -0.3 is 15.5 Å². The third-order valence-electron chi connectivity index (χ3n) is 4.78. The normalized spacial score (nSPS) is 15.0. The molecule has 1 aromatic carbocycles. The van der Waals surface area contributed by atoms with E-state index in [9.17, 15) is 9.59 Å². The molecule has 6 nitrogen and oxygen atoms in total. The van der Waals surface area contributed by atoms with Crippen molar-refractivity contribution in [2.75, 3.05) is 23.3 Å². The van der Waals surface area contributed by atoms with Crippen molar-refractivity contribution in [2.24, 2.45) is 0 Å². The van der Waals surface area contributed by atoms with Gasteiger partial charge in [-0.25, -0.2) is 4.98 Å². The minimum absolute atomic E-state index is 0.108. The number of hydrogen-bond donors (Lipinski definition) is 2. The van der Waals surface area contributed by atoms with Crippen LogP contribution < -0.4 is 15.5 Å². The van der Waals surface area contributed by atoms with Crippen LogP contribution in [0.3, 0.4) is 0 Å². The lowest BCUT2D eigenvalue weighted by atomic mass is 10.0. The fourth-order valence-electron chi connectivity index (χ4n) is 3.37. The first-order valence-electron chi connectivity index (χ1n) is 9.54. The number of nitrogens with zero attached hydrogens (tertiary/aromatic N) is 2. The maximum absolute atomic E-state index is 12.5. The van der Waals surface area contributed by atoms with Crippen molar-refractivity contribution in [3.05, 3.63) is 53.2 Å². The van der Waals surface area contributed by atoms with Crippen molar-refractivity contribution in [3.8, 4) is 0 Å². The van der Waals surface area contributed by atoms with E-state index in [1.54, 1.807) is 18.3 Å². The van der Waals surface area contributed by atoms with Crippen LogP contribution in [-0.4, -0.2) is 29.9 Å². The average Bonchev–Trinajstić information content (AvgIpc) is 2.69. The van der Waals surface area contributed by atoms with E-state index in [1.165, 1.54) is 26.2 Å². The van der Waals surface area contributed by atoms with Gasteiger partial charge in [0.15, 0.2) is 0 Å². The first-order valence-corrected chi connectivity index (χ1v) is 9.92. The number of aromatic nitrogens is 1. The van der Waals surface area contributed by atoms with Gasteiger partial charge in [-0.15, -0.1) is 0 Å². The predicted molar refractivity (Wildman–Crippen MR) is 112 cm³/mol. The van der Waals surface area contributed by atoms with E-state index in [-0.39, 0.29) is 18.2 Å². The zero-order valence-corrected chi connectivity index (χ0v) is 16.7. The van der Waals surface area contributed by atoms with Gasteiger partial charge in [0.05, 0.1) is 24.3 Å². The molecular weight excluding hydrogens is 376 g/mol. The van der Waals surface area contributed by atoms with Crippen molar-refractivity contribution >= 4 is 34.9 Å². The molecule has 1 unspecified atom stereocenters. The lowest BCUT2D eigenvalue weighted by Crippen LogP contribution is -2.30. The van der Waals surface area contributed by atoms with E-state index in [1.807, 2.05) is 24.3 Å². The molecule has 7 heteroatoms. The van der Waals surface area contributed by atoms with Crippen LogP contribution in [0.25, 0.3) is 0 Å². The van der Waals surface area contributed by atoms with Gasteiger partial charge in [-0.2, -0.15) is 0 Å². The summed E-state index contributed by atoms with van der Waals surface area (Å²) in [5, 5.41) is 6.23. The van der Waals surface area contributed by atoms with Crippen LogP contribution in [0.2, 0.25) is 5.02 Å². The third-order valence-corrected chi connectivity index (χ3v) is 5.03. The Morgan fingerprint density at radius 2 is 1.82 bits per heavy atom. The average molecular weight is 401 g/mol.